The van der Waals surface area contributed by atoms with E-state index in [1.54, 1.807) is 54.6 Å². The van der Waals surface area contributed by atoms with Crippen molar-refractivity contribution in [3.8, 4) is 22.6 Å². The van der Waals surface area contributed by atoms with Gasteiger partial charge < -0.3 is 14.2 Å². The van der Waals surface area contributed by atoms with Crippen LogP contribution in [0.2, 0.25) is 5.02 Å². The minimum absolute atomic E-state index is 0.342. The molecule has 0 aliphatic heterocycles. The lowest BCUT2D eigenvalue weighted by Gasteiger charge is -2.09. The zero-order chi connectivity index (χ0) is 27.1. The summed E-state index contributed by atoms with van der Waals surface area (Å²) in [5, 5.41) is 4.08. The number of benzene rings is 4. The van der Waals surface area contributed by atoms with E-state index in [9.17, 15) is 9.59 Å². The number of halogens is 1. The number of nitrogens with one attached hydrogen (secondary N) is 1. The van der Waals surface area contributed by atoms with Gasteiger partial charge in [-0.3, -0.25) is 4.79 Å². The van der Waals surface area contributed by atoms with Gasteiger partial charge in [-0.15, -0.1) is 0 Å². The molecule has 0 fully saturated rings. The van der Waals surface area contributed by atoms with Gasteiger partial charge in [-0.25, -0.2) is 9.78 Å². The number of nitrogens with zero attached hydrogens (tertiary/aromatic N) is 1. The molecule has 0 saturated heterocycles. The Labute approximate surface area is 228 Å². The number of hydrogen-bond donors (Lipinski definition) is 1. The van der Waals surface area contributed by atoms with Crippen molar-refractivity contribution >= 4 is 45.3 Å². The van der Waals surface area contributed by atoms with E-state index in [-0.39, 0.29) is 5.91 Å². The first-order valence-corrected chi connectivity index (χ1v) is 12.9. The third-order valence-corrected chi connectivity index (χ3v) is 6.97. The van der Waals surface area contributed by atoms with Gasteiger partial charge in [0.2, 0.25) is 5.89 Å². The molecule has 0 bridgehead atoms. The molecule has 4 aromatic carbocycles. The van der Waals surface area contributed by atoms with Crippen LogP contribution in [-0.4, -0.2) is 10.9 Å². The molecule has 0 saturated carbocycles. The molecule has 6 aromatic rings. The van der Waals surface area contributed by atoms with E-state index in [0.717, 1.165) is 10.9 Å². The fraction of sp³-hybridized carbons (Fsp3) is 0.0938. The minimum Gasteiger partial charge on any atom is -0.436 e. The van der Waals surface area contributed by atoms with Gasteiger partial charge in [0.05, 0.1) is 16.3 Å². The standard InChI is InChI=1S/C32H23ClN2O4/c1-18(2)21-12-14-29-27(16-21)35-31(38-29)23-11-13-25(33)26(17-23)34-30(36)20-9-7-19(8-10-20)24-15-22-5-3-4-6-28(22)39-32(24)37/h3-18H,1-2H3,(H,34,36). The molecule has 2 aromatic heterocycles. The number of carbonyl (C=O) groups is 1. The summed E-state index contributed by atoms with van der Waals surface area (Å²) in [4.78, 5) is 30.2. The molecule has 192 valence electrons. The fourth-order valence-electron chi connectivity index (χ4n) is 4.44. The fourth-order valence-corrected chi connectivity index (χ4v) is 4.60. The smallest absolute Gasteiger partial charge is 0.344 e. The highest BCUT2D eigenvalue weighted by Gasteiger charge is 2.15. The Bertz CT molecular complexity index is 1920. The van der Waals surface area contributed by atoms with E-state index in [4.69, 9.17) is 20.4 Å². The first kappa shape index (κ1) is 24.6. The van der Waals surface area contributed by atoms with E-state index < -0.39 is 5.63 Å². The maximum absolute atomic E-state index is 13.1. The minimum atomic E-state index is -0.436. The van der Waals surface area contributed by atoms with E-state index in [1.807, 2.05) is 36.4 Å². The van der Waals surface area contributed by atoms with Crippen LogP contribution in [0.4, 0.5) is 5.69 Å². The summed E-state index contributed by atoms with van der Waals surface area (Å²) >= 11 is 6.41. The number of aromatic nitrogens is 1. The number of fused-ring (bicyclic) bond motifs is 2. The lowest BCUT2D eigenvalue weighted by molar-refractivity contribution is 0.102. The van der Waals surface area contributed by atoms with E-state index >= 15 is 0 Å². The van der Waals surface area contributed by atoms with Crippen LogP contribution >= 0.6 is 11.6 Å². The molecule has 0 aliphatic carbocycles. The van der Waals surface area contributed by atoms with Crippen LogP contribution in [0.3, 0.4) is 0 Å². The summed E-state index contributed by atoms with van der Waals surface area (Å²) in [5.74, 6) is 0.479. The Hall–Kier alpha value is -4.68. The third kappa shape index (κ3) is 4.82. The molecule has 2 heterocycles. The van der Waals surface area contributed by atoms with Gasteiger partial charge >= 0.3 is 5.63 Å². The number of carbonyl (C=O) groups excluding carboxylic acids is 1. The second kappa shape index (κ2) is 9.89. The van der Waals surface area contributed by atoms with Crippen LogP contribution in [0.5, 0.6) is 0 Å². The van der Waals surface area contributed by atoms with Crippen molar-refractivity contribution in [1.82, 2.24) is 4.98 Å². The van der Waals surface area contributed by atoms with Gasteiger partial charge in [0.15, 0.2) is 5.58 Å². The van der Waals surface area contributed by atoms with E-state index in [0.29, 0.717) is 55.9 Å². The molecule has 7 heteroatoms. The highest BCUT2D eigenvalue weighted by Crippen LogP contribution is 2.32. The number of para-hydroxylation sites is 1. The molecular weight excluding hydrogens is 512 g/mol. The number of hydrogen-bond acceptors (Lipinski definition) is 5. The van der Waals surface area contributed by atoms with Crippen LogP contribution in [0.15, 0.2) is 105 Å². The zero-order valence-corrected chi connectivity index (χ0v) is 22.0. The number of anilines is 1. The maximum Gasteiger partial charge on any atom is 0.344 e. The molecule has 0 unspecified atom stereocenters. The Morgan fingerprint density at radius 2 is 1.62 bits per heavy atom. The predicted octanol–water partition coefficient (Wildman–Crippen LogP) is 8.30. The third-order valence-electron chi connectivity index (χ3n) is 6.64. The Balaban J connectivity index is 1.25. The summed E-state index contributed by atoms with van der Waals surface area (Å²) in [6, 6.07) is 27.1. The molecule has 0 aliphatic rings. The lowest BCUT2D eigenvalue weighted by atomic mass is 10.0. The summed E-state index contributed by atoms with van der Waals surface area (Å²) in [7, 11) is 0. The first-order chi connectivity index (χ1) is 18.9. The SMILES string of the molecule is CC(C)c1ccc2oc(-c3ccc(Cl)c(NC(=O)c4ccc(-c5cc6ccccc6oc5=O)cc4)c3)nc2c1. The lowest BCUT2D eigenvalue weighted by Crippen LogP contribution is -2.12. The van der Waals surface area contributed by atoms with Crippen LogP contribution in [0.1, 0.15) is 35.7 Å². The van der Waals surface area contributed by atoms with Crippen molar-refractivity contribution in [3.05, 3.63) is 118 Å². The molecule has 39 heavy (non-hydrogen) atoms. The largest absolute Gasteiger partial charge is 0.436 e. The predicted molar refractivity (Wildman–Crippen MR) is 154 cm³/mol. The van der Waals surface area contributed by atoms with Gasteiger partial charge in [0, 0.05) is 16.5 Å². The second-order valence-electron chi connectivity index (χ2n) is 9.61. The Morgan fingerprint density at radius 1 is 0.846 bits per heavy atom. The molecule has 1 N–H and O–H groups in total. The van der Waals surface area contributed by atoms with Gasteiger partial charge in [-0.2, -0.15) is 0 Å². The van der Waals surface area contributed by atoms with Crippen molar-refractivity contribution in [1.29, 1.82) is 0 Å². The summed E-state index contributed by atoms with van der Waals surface area (Å²) in [5.41, 5.74) is 5.35. The summed E-state index contributed by atoms with van der Waals surface area (Å²) in [6.07, 6.45) is 0. The monoisotopic (exact) mass is 534 g/mol. The molecule has 0 spiro atoms. The molecular formula is C32H23ClN2O4. The number of rotatable bonds is 5. The van der Waals surface area contributed by atoms with E-state index in [2.05, 4.69) is 24.1 Å². The topological polar surface area (TPSA) is 85.3 Å². The molecule has 6 rings (SSSR count). The second-order valence-corrected chi connectivity index (χ2v) is 10.0. The normalized spacial score (nSPS) is 11.4. The van der Waals surface area contributed by atoms with Crippen molar-refractivity contribution < 1.29 is 13.6 Å². The van der Waals surface area contributed by atoms with Crippen molar-refractivity contribution in [2.75, 3.05) is 5.32 Å². The van der Waals surface area contributed by atoms with Crippen molar-refractivity contribution in [2.24, 2.45) is 0 Å². The first-order valence-electron chi connectivity index (χ1n) is 12.5. The summed E-state index contributed by atoms with van der Waals surface area (Å²) < 4.78 is 11.4. The average Bonchev–Trinajstić information content (AvgIpc) is 3.37. The van der Waals surface area contributed by atoms with Crippen molar-refractivity contribution in [2.45, 2.75) is 19.8 Å². The highest BCUT2D eigenvalue weighted by molar-refractivity contribution is 6.34. The Kier molecular flexibility index (Phi) is 6.25. The maximum atomic E-state index is 13.1. The van der Waals surface area contributed by atoms with Crippen LogP contribution < -0.4 is 10.9 Å². The van der Waals surface area contributed by atoms with E-state index in [1.165, 1.54) is 5.56 Å². The van der Waals surface area contributed by atoms with Crippen LogP contribution in [0, 0.1) is 0 Å². The molecule has 1 amide bonds. The van der Waals surface area contributed by atoms with Gasteiger partial charge in [0.1, 0.15) is 11.1 Å². The van der Waals surface area contributed by atoms with Gasteiger partial charge in [-0.05, 0) is 71.6 Å². The number of amides is 1. The van der Waals surface area contributed by atoms with Gasteiger partial charge in [-0.1, -0.05) is 61.8 Å². The highest BCUT2D eigenvalue weighted by atomic mass is 35.5. The molecule has 0 radical (unpaired) electrons. The molecule has 6 nitrogen and oxygen atoms in total. The zero-order valence-electron chi connectivity index (χ0n) is 21.2. The van der Waals surface area contributed by atoms with Crippen LogP contribution in [-0.2, 0) is 0 Å². The molecule has 0 atom stereocenters. The van der Waals surface area contributed by atoms with Crippen LogP contribution in [0.25, 0.3) is 44.7 Å². The number of oxazole rings is 1. The van der Waals surface area contributed by atoms with Gasteiger partial charge in [0.25, 0.3) is 5.91 Å². The Morgan fingerprint density at radius 3 is 2.41 bits per heavy atom. The quantitative estimate of drug-likeness (QED) is 0.225. The van der Waals surface area contributed by atoms with Crippen molar-refractivity contribution in [3.63, 3.8) is 0 Å². The average molecular weight is 535 g/mol. The summed E-state index contributed by atoms with van der Waals surface area (Å²) in [6.45, 7) is 4.26.